The van der Waals surface area contributed by atoms with Crippen LogP contribution in [0.3, 0.4) is 0 Å². The van der Waals surface area contributed by atoms with Crippen LogP contribution in [-0.4, -0.2) is 23.5 Å². The van der Waals surface area contributed by atoms with Gasteiger partial charge in [0.05, 0.1) is 17.0 Å². The molecule has 5 nitrogen and oxygen atoms in total. The number of aliphatic carboxylic acids is 1. The van der Waals surface area contributed by atoms with Crippen LogP contribution in [0, 0.1) is 16.7 Å². The lowest BCUT2D eigenvalue weighted by Gasteiger charge is -2.09. The Morgan fingerprint density at radius 3 is 2.50 bits per heavy atom. The van der Waals surface area contributed by atoms with Crippen molar-refractivity contribution in [2.24, 2.45) is 5.41 Å². The SMILES string of the molecule is N#Cc1ccc(/C=C/C(=O)NCC2(C(=O)O)CC2)cc1. The zero-order valence-electron chi connectivity index (χ0n) is 10.8. The van der Waals surface area contributed by atoms with Gasteiger partial charge in [0, 0.05) is 12.6 Å². The average molecular weight is 270 g/mol. The molecule has 1 saturated carbocycles. The summed E-state index contributed by atoms with van der Waals surface area (Å²) >= 11 is 0. The van der Waals surface area contributed by atoms with E-state index in [2.05, 4.69) is 5.32 Å². The number of carboxylic acid groups (broad SMARTS) is 1. The Balaban J connectivity index is 1.86. The van der Waals surface area contributed by atoms with Crippen molar-refractivity contribution in [1.82, 2.24) is 5.32 Å². The largest absolute Gasteiger partial charge is 0.481 e. The highest BCUT2D eigenvalue weighted by molar-refractivity contribution is 5.92. The molecule has 1 aliphatic carbocycles. The number of nitrogens with one attached hydrogen (secondary N) is 1. The third-order valence-electron chi connectivity index (χ3n) is 3.38. The maximum atomic E-state index is 11.6. The van der Waals surface area contributed by atoms with Gasteiger partial charge in [-0.1, -0.05) is 12.1 Å². The number of carboxylic acids is 1. The molecule has 1 amide bonds. The number of rotatable bonds is 5. The second-order valence-corrected chi connectivity index (χ2v) is 4.87. The molecule has 0 radical (unpaired) electrons. The van der Waals surface area contributed by atoms with Gasteiger partial charge in [0.2, 0.25) is 5.91 Å². The molecule has 1 aliphatic rings. The number of amides is 1. The first-order valence-corrected chi connectivity index (χ1v) is 6.25. The monoisotopic (exact) mass is 270 g/mol. The van der Waals surface area contributed by atoms with E-state index >= 15 is 0 Å². The van der Waals surface area contributed by atoms with Gasteiger partial charge in [-0.3, -0.25) is 9.59 Å². The molecule has 0 heterocycles. The van der Waals surface area contributed by atoms with Crippen molar-refractivity contribution in [3.8, 4) is 6.07 Å². The van der Waals surface area contributed by atoms with E-state index in [0.717, 1.165) is 5.56 Å². The molecule has 0 aliphatic heterocycles. The van der Waals surface area contributed by atoms with Crippen molar-refractivity contribution < 1.29 is 14.7 Å². The highest BCUT2D eigenvalue weighted by atomic mass is 16.4. The fourth-order valence-electron chi connectivity index (χ4n) is 1.77. The minimum Gasteiger partial charge on any atom is -0.481 e. The Hall–Kier alpha value is -2.61. The zero-order chi connectivity index (χ0) is 14.6. The number of hydrogen-bond acceptors (Lipinski definition) is 3. The number of benzene rings is 1. The Bertz CT molecular complexity index is 593. The first-order valence-electron chi connectivity index (χ1n) is 6.25. The molecule has 2 N–H and O–H groups in total. The first-order chi connectivity index (χ1) is 9.55. The van der Waals surface area contributed by atoms with Crippen LogP contribution in [0.25, 0.3) is 6.08 Å². The van der Waals surface area contributed by atoms with E-state index in [1.807, 2.05) is 6.07 Å². The number of hydrogen-bond donors (Lipinski definition) is 2. The number of carbonyl (C=O) groups is 2. The van der Waals surface area contributed by atoms with Crippen molar-refractivity contribution in [2.75, 3.05) is 6.54 Å². The number of carbonyl (C=O) groups excluding carboxylic acids is 1. The van der Waals surface area contributed by atoms with Gasteiger partial charge in [0.25, 0.3) is 0 Å². The quantitative estimate of drug-likeness (QED) is 0.794. The summed E-state index contributed by atoms with van der Waals surface area (Å²) in [7, 11) is 0. The maximum Gasteiger partial charge on any atom is 0.311 e. The van der Waals surface area contributed by atoms with Crippen LogP contribution in [0.15, 0.2) is 30.3 Å². The van der Waals surface area contributed by atoms with Crippen molar-refractivity contribution in [3.05, 3.63) is 41.5 Å². The Labute approximate surface area is 116 Å². The molecule has 0 atom stereocenters. The van der Waals surface area contributed by atoms with Crippen molar-refractivity contribution >= 4 is 18.0 Å². The summed E-state index contributed by atoms with van der Waals surface area (Å²) in [6, 6.07) is 8.83. The lowest BCUT2D eigenvalue weighted by Crippen LogP contribution is -2.33. The molecule has 1 aromatic carbocycles. The predicted molar refractivity (Wildman–Crippen MR) is 72.5 cm³/mol. The molecule has 1 fully saturated rings. The zero-order valence-corrected chi connectivity index (χ0v) is 10.8. The van der Waals surface area contributed by atoms with Crippen LogP contribution < -0.4 is 5.32 Å². The second-order valence-electron chi connectivity index (χ2n) is 4.87. The van der Waals surface area contributed by atoms with Crippen LogP contribution in [0.5, 0.6) is 0 Å². The van der Waals surface area contributed by atoms with E-state index in [1.54, 1.807) is 30.3 Å². The van der Waals surface area contributed by atoms with Crippen LogP contribution in [0.4, 0.5) is 0 Å². The van der Waals surface area contributed by atoms with Crippen LogP contribution in [0.2, 0.25) is 0 Å². The normalized spacial score (nSPS) is 15.6. The van der Waals surface area contributed by atoms with Gasteiger partial charge in [0.15, 0.2) is 0 Å². The fraction of sp³-hybridized carbons (Fsp3) is 0.267. The molecule has 0 saturated heterocycles. The van der Waals surface area contributed by atoms with Crippen molar-refractivity contribution in [1.29, 1.82) is 5.26 Å². The topological polar surface area (TPSA) is 90.2 Å². The Morgan fingerprint density at radius 2 is 2.00 bits per heavy atom. The molecule has 20 heavy (non-hydrogen) atoms. The summed E-state index contributed by atoms with van der Waals surface area (Å²) in [6.07, 6.45) is 4.21. The van der Waals surface area contributed by atoms with Crippen LogP contribution in [0.1, 0.15) is 24.0 Å². The van der Waals surface area contributed by atoms with Crippen LogP contribution in [-0.2, 0) is 9.59 Å². The van der Waals surface area contributed by atoms with Gasteiger partial charge in [0.1, 0.15) is 0 Å². The molecule has 0 aromatic heterocycles. The summed E-state index contributed by atoms with van der Waals surface area (Å²) in [6.45, 7) is 0.166. The fourth-order valence-corrected chi connectivity index (χ4v) is 1.77. The third kappa shape index (κ3) is 3.23. The third-order valence-corrected chi connectivity index (χ3v) is 3.38. The Kier molecular flexibility index (Phi) is 3.85. The molecule has 0 unspecified atom stereocenters. The highest BCUT2D eigenvalue weighted by Crippen LogP contribution is 2.45. The highest BCUT2D eigenvalue weighted by Gasteiger charge is 2.50. The van der Waals surface area contributed by atoms with Gasteiger partial charge in [-0.15, -0.1) is 0 Å². The average Bonchev–Trinajstić information content (AvgIpc) is 3.25. The summed E-state index contributed by atoms with van der Waals surface area (Å²) in [5.74, 6) is -1.17. The van der Waals surface area contributed by atoms with Crippen molar-refractivity contribution in [3.63, 3.8) is 0 Å². The van der Waals surface area contributed by atoms with Crippen molar-refractivity contribution in [2.45, 2.75) is 12.8 Å². The van der Waals surface area contributed by atoms with E-state index < -0.39 is 11.4 Å². The molecule has 0 spiro atoms. The minimum atomic E-state index is -0.853. The van der Waals surface area contributed by atoms with Gasteiger partial charge in [-0.05, 0) is 36.6 Å². The Morgan fingerprint density at radius 1 is 1.35 bits per heavy atom. The van der Waals surface area contributed by atoms with Gasteiger partial charge < -0.3 is 10.4 Å². The van der Waals surface area contributed by atoms with E-state index in [1.165, 1.54) is 6.08 Å². The lowest BCUT2D eigenvalue weighted by molar-refractivity contribution is -0.143. The summed E-state index contributed by atoms with van der Waals surface area (Å²) < 4.78 is 0. The van der Waals surface area contributed by atoms with E-state index in [-0.39, 0.29) is 12.5 Å². The van der Waals surface area contributed by atoms with E-state index in [0.29, 0.717) is 18.4 Å². The lowest BCUT2D eigenvalue weighted by atomic mass is 10.1. The molecule has 1 aromatic rings. The van der Waals surface area contributed by atoms with Gasteiger partial charge in [-0.25, -0.2) is 0 Å². The van der Waals surface area contributed by atoms with Gasteiger partial charge in [-0.2, -0.15) is 5.26 Å². The molecule has 5 heteroatoms. The second kappa shape index (κ2) is 5.57. The number of nitrogens with zero attached hydrogens (tertiary/aromatic N) is 1. The smallest absolute Gasteiger partial charge is 0.311 e. The predicted octanol–water partition coefficient (Wildman–Crippen LogP) is 1.55. The van der Waals surface area contributed by atoms with Gasteiger partial charge >= 0.3 is 5.97 Å². The first kappa shape index (κ1) is 13.8. The summed E-state index contributed by atoms with van der Waals surface area (Å²) in [5, 5.41) is 20.2. The molecule has 0 bridgehead atoms. The summed E-state index contributed by atoms with van der Waals surface area (Å²) in [4.78, 5) is 22.5. The van der Waals surface area contributed by atoms with E-state index in [4.69, 9.17) is 10.4 Å². The molecule has 102 valence electrons. The minimum absolute atomic E-state index is 0.166. The maximum absolute atomic E-state index is 11.6. The molecule has 2 rings (SSSR count). The van der Waals surface area contributed by atoms with E-state index in [9.17, 15) is 9.59 Å². The standard InChI is InChI=1S/C15H14N2O3/c16-9-12-3-1-11(2-4-12)5-6-13(18)17-10-15(7-8-15)14(19)20/h1-6H,7-8,10H2,(H,17,18)(H,19,20)/b6-5+. The summed E-state index contributed by atoms with van der Waals surface area (Å²) in [5.41, 5.74) is 0.611. The van der Waals surface area contributed by atoms with Crippen LogP contribution >= 0.6 is 0 Å². The molecular weight excluding hydrogens is 256 g/mol. The number of nitriles is 1. The molecular formula is C15H14N2O3.